The monoisotopic (exact) mass is 570 g/mol. The third-order valence-corrected chi connectivity index (χ3v) is 5.96. The molecule has 1 heterocycles. The van der Waals surface area contributed by atoms with Crippen molar-refractivity contribution in [2.24, 2.45) is 4.99 Å². The highest BCUT2D eigenvalue weighted by Crippen LogP contribution is 2.20. The zero-order valence-corrected chi connectivity index (χ0v) is 21.8. The largest absolute Gasteiger partial charge is 0.492 e. The molecule has 0 radical (unpaired) electrons. The Morgan fingerprint density at radius 1 is 1.12 bits per heavy atom. The van der Waals surface area contributed by atoms with Crippen LogP contribution in [-0.4, -0.2) is 51.9 Å². The first-order valence-corrected chi connectivity index (χ1v) is 12.3. The number of ether oxygens (including phenoxy) is 1. The number of H-pyrrole nitrogens is 1. The van der Waals surface area contributed by atoms with E-state index in [-0.39, 0.29) is 28.9 Å². The Morgan fingerprint density at radius 3 is 2.56 bits per heavy atom. The van der Waals surface area contributed by atoms with Crippen molar-refractivity contribution in [1.29, 1.82) is 0 Å². The number of aliphatic imine (C=N–C) groups is 1. The molecule has 32 heavy (non-hydrogen) atoms. The molecule has 0 saturated carbocycles. The lowest BCUT2D eigenvalue weighted by Crippen LogP contribution is -2.39. The fraction of sp³-hybridized carbons (Fsp3) is 0.348. The quantitative estimate of drug-likeness (QED) is 0.158. The van der Waals surface area contributed by atoms with Crippen molar-refractivity contribution < 1.29 is 13.2 Å². The van der Waals surface area contributed by atoms with Crippen molar-refractivity contribution in [3.63, 3.8) is 0 Å². The van der Waals surface area contributed by atoms with Crippen LogP contribution in [0.15, 0.2) is 58.5 Å². The summed E-state index contributed by atoms with van der Waals surface area (Å²) in [5.41, 5.74) is 3.66. The Balaban J connectivity index is 0.00000363. The number of hydrogen-bond donors (Lipinski definition) is 3. The lowest BCUT2D eigenvalue weighted by Gasteiger charge is -2.12. The molecule has 1 aromatic heterocycles. The van der Waals surface area contributed by atoms with Crippen molar-refractivity contribution in [2.45, 2.75) is 25.2 Å². The predicted molar refractivity (Wildman–Crippen MR) is 141 cm³/mol. The van der Waals surface area contributed by atoms with Crippen molar-refractivity contribution in [1.82, 2.24) is 15.6 Å². The van der Waals surface area contributed by atoms with Crippen molar-refractivity contribution in [2.75, 3.05) is 32.5 Å². The highest BCUT2D eigenvalue weighted by Gasteiger charge is 2.07. The molecule has 3 rings (SSSR count). The summed E-state index contributed by atoms with van der Waals surface area (Å²) >= 11 is 0. The second kappa shape index (κ2) is 12.1. The molecule has 174 valence electrons. The fourth-order valence-electron chi connectivity index (χ4n) is 3.26. The van der Waals surface area contributed by atoms with E-state index in [0.29, 0.717) is 25.4 Å². The molecule has 0 aliphatic carbocycles. The van der Waals surface area contributed by atoms with Crippen LogP contribution >= 0.6 is 24.0 Å². The van der Waals surface area contributed by atoms with Gasteiger partial charge in [0.15, 0.2) is 15.8 Å². The number of fused-ring (bicyclic) bond motifs is 1. The lowest BCUT2D eigenvalue weighted by molar-refractivity contribution is 0.321. The van der Waals surface area contributed by atoms with Gasteiger partial charge in [0, 0.05) is 36.4 Å². The van der Waals surface area contributed by atoms with E-state index in [1.807, 2.05) is 6.92 Å². The summed E-state index contributed by atoms with van der Waals surface area (Å²) < 4.78 is 28.7. The number of halogens is 1. The van der Waals surface area contributed by atoms with Crippen LogP contribution < -0.4 is 15.4 Å². The minimum absolute atomic E-state index is 0. The molecule has 0 amide bonds. The minimum Gasteiger partial charge on any atom is -0.492 e. The Bertz CT molecular complexity index is 1140. The van der Waals surface area contributed by atoms with Crippen molar-refractivity contribution in [3.05, 3.63) is 59.8 Å². The Labute approximate surface area is 207 Å². The first-order chi connectivity index (χ1) is 14.9. The number of aromatic amines is 1. The molecule has 0 bridgehead atoms. The summed E-state index contributed by atoms with van der Waals surface area (Å²) in [4.78, 5) is 8.27. The number of benzene rings is 2. The van der Waals surface area contributed by atoms with Gasteiger partial charge < -0.3 is 20.4 Å². The number of guanidine groups is 1. The first kappa shape index (κ1) is 26.0. The second-order valence-corrected chi connectivity index (χ2v) is 9.41. The van der Waals surface area contributed by atoms with Gasteiger partial charge >= 0.3 is 0 Å². The standard InChI is InChI=1S/C23H30N4O3S.HI/c1-4-24-23(25-12-11-18-16-27-22-15-17(2)5-10-21(18)22)26-13-14-30-19-6-8-20(9-7-19)31(3,28)29;/h5-10,15-16,27H,4,11-14H2,1-3H3,(H2,24,25,26);1H. The third kappa shape index (κ3) is 7.40. The second-order valence-electron chi connectivity index (χ2n) is 7.39. The van der Waals surface area contributed by atoms with E-state index >= 15 is 0 Å². The smallest absolute Gasteiger partial charge is 0.191 e. The summed E-state index contributed by atoms with van der Waals surface area (Å²) in [6.45, 7) is 6.57. The highest BCUT2D eigenvalue weighted by molar-refractivity contribution is 14.0. The van der Waals surface area contributed by atoms with Crippen LogP contribution in [0.4, 0.5) is 0 Å². The lowest BCUT2D eigenvalue weighted by atomic mass is 10.1. The van der Waals surface area contributed by atoms with E-state index in [1.165, 1.54) is 22.8 Å². The van der Waals surface area contributed by atoms with Gasteiger partial charge in [0.25, 0.3) is 0 Å². The molecule has 0 aliphatic heterocycles. The van der Waals surface area contributed by atoms with Gasteiger partial charge in [-0.05, 0) is 61.7 Å². The van der Waals surface area contributed by atoms with Crippen LogP contribution in [0.1, 0.15) is 18.1 Å². The number of hydrogen-bond acceptors (Lipinski definition) is 4. The molecule has 0 atom stereocenters. The molecule has 3 aromatic rings. The van der Waals surface area contributed by atoms with Crippen LogP contribution in [0.3, 0.4) is 0 Å². The number of aromatic nitrogens is 1. The third-order valence-electron chi connectivity index (χ3n) is 4.83. The summed E-state index contributed by atoms with van der Waals surface area (Å²) in [5, 5.41) is 7.74. The topological polar surface area (TPSA) is 95.6 Å². The number of nitrogens with one attached hydrogen (secondary N) is 3. The van der Waals surface area contributed by atoms with Crippen molar-refractivity contribution >= 4 is 50.7 Å². The maximum Gasteiger partial charge on any atom is 0.191 e. The average molecular weight is 570 g/mol. The van der Waals surface area contributed by atoms with E-state index in [9.17, 15) is 8.42 Å². The highest BCUT2D eigenvalue weighted by atomic mass is 127. The number of sulfone groups is 1. The minimum atomic E-state index is -3.20. The zero-order valence-electron chi connectivity index (χ0n) is 18.6. The maximum atomic E-state index is 11.5. The van der Waals surface area contributed by atoms with E-state index in [2.05, 4.69) is 51.9 Å². The fourth-order valence-corrected chi connectivity index (χ4v) is 3.89. The molecular formula is C23H31IN4O3S. The molecule has 9 heteroatoms. The summed E-state index contributed by atoms with van der Waals surface area (Å²) in [7, 11) is -3.20. The molecule has 0 aliphatic rings. The summed E-state index contributed by atoms with van der Waals surface area (Å²) in [6, 6.07) is 12.9. The maximum absolute atomic E-state index is 11.5. The molecular weight excluding hydrogens is 539 g/mol. The average Bonchev–Trinajstić information content (AvgIpc) is 3.12. The molecule has 0 saturated heterocycles. The van der Waals surface area contributed by atoms with Gasteiger partial charge in [0.1, 0.15) is 12.4 Å². The molecule has 2 aromatic carbocycles. The van der Waals surface area contributed by atoms with Gasteiger partial charge in [-0.3, -0.25) is 4.99 Å². The molecule has 7 nitrogen and oxygen atoms in total. The molecule has 0 spiro atoms. The van der Waals surface area contributed by atoms with Gasteiger partial charge in [-0.1, -0.05) is 12.1 Å². The van der Waals surface area contributed by atoms with E-state index < -0.39 is 9.84 Å². The van der Waals surface area contributed by atoms with Crippen LogP contribution in [0.25, 0.3) is 10.9 Å². The SMILES string of the molecule is CCNC(=NCCc1c[nH]c2cc(C)ccc12)NCCOc1ccc(S(C)(=O)=O)cc1.I. The van der Waals surface area contributed by atoms with Gasteiger partial charge in [-0.15, -0.1) is 24.0 Å². The van der Waals surface area contributed by atoms with Crippen LogP contribution in [-0.2, 0) is 16.3 Å². The normalized spacial score (nSPS) is 11.8. The van der Waals surface area contributed by atoms with Crippen LogP contribution in [0.2, 0.25) is 0 Å². The van der Waals surface area contributed by atoms with Gasteiger partial charge in [-0.2, -0.15) is 0 Å². The van der Waals surface area contributed by atoms with Gasteiger partial charge in [0.05, 0.1) is 11.4 Å². The first-order valence-electron chi connectivity index (χ1n) is 10.4. The number of aryl methyl sites for hydroxylation is 1. The van der Waals surface area contributed by atoms with E-state index in [4.69, 9.17) is 4.74 Å². The van der Waals surface area contributed by atoms with E-state index in [0.717, 1.165) is 24.4 Å². The summed E-state index contributed by atoms with van der Waals surface area (Å²) in [5.74, 6) is 1.37. The predicted octanol–water partition coefficient (Wildman–Crippen LogP) is 3.67. The zero-order chi connectivity index (χ0) is 22.3. The summed E-state index contributed by atoms with van der Waals surface area (Å²) in [6.07, 6.45) is 4.10. The number of rotatable bonds is 9. The Kier molecular flexibility index (Phi) is 9.83. The van der Waals surface area contributed by atoms with Gasteiger partial charge in [-0.25, -0.2) is 8.42 Å². The number of nitrogens with zero attached hydrogens (tertiary/aromatic N) is 1. The van der Waals surface area contributed by atoms with Crippen LogP contribution in [0, 0.1) is 6.92 Å². The molecule has 3 N–H and O–H groups in total. The van der Waals surface area contributed by atoms with Crippen LogP contribution in [0.5, 0.6) is 5.75 Å². The van der Waals surface area contributed by atoms with Gasteiger partial charge in [0.2, 0.25) is 0 Å². The Morgan fingerprint density at radius 2 is 1.88 bits per heavy atom. The van der Waals surface area contributed by atoms with Crippen molar-refractivity contribution in [3.8, 4) is 5.75 Å². The molecule has 0 unspecified atom stereocenters. The molecule has 0 fully saturated rings. The Hall–Kier alpha value is -2.27. The van der Waals surface area contributed by atoms with E-state index in [1.54, 1.807) is 24.3 Å².